The lowest BCUT2D eigenvalue weighted by molar-refractivity contribution is 0.0663. The number of fused-ring (bicyclic) bond motifs is 1. The summed E-state index contributed by atoms with van der Waals surface area (Å²) in [7, 11) is 4.22. The van der Waals surface area contributed by atoms with Crippen LogP contribution in [0.3, 0.4) is 0 Å². The number of amides is 1. The van der Waals surface area contributed by atoms with E-state index in [1.807, 2.05) is 47.5 Å². The second kappa shape index (κ2) is 8.59. The molecule has 0 spiro atoms. The Morgan fingerprint density at radius 2 is 1.81 bits per heavy atom. The number of rotatable bonds is 4. The van der Waals surface area contributed by atoms with Crippen molar-refractivity contribution < 1.29 is 4.79 Å². The minimum atomic E-state index is 0.102. The third-order valence-corrected chi connectivity index (χ3v) is 6.44. The maximum atomic E-state index is 12.9. The predicted octanol–water partition coefficient (Wildman–Crippen LogP) is 3.40. The van der Waals surface area contributed by atoms with Crippen LogP contribution in [0.5, 0.6) is 0 Å². The molecule has 1 saturated heterocycles. The fraction of sp³-hybridized carbons (Fsp3) is 0.320. The Hall–Kier alpha value is -3.45. The third-order valence-electron chi connectivity index (χ3n) is 6.44. The highest BCUT2D eigenvalue weighted by Crippen LogP contribution is 2.27. The molecule has 7 heteroatoms. The van der Waals surface area contributed by atoms with Gasteiger partial charge in [-0.25, -0.2) is 4.68 Å². The number of para-hydroxylation sites is 1. The summed E-state index contributed by atoms with van der Waals surface area (Å²) in [6.07, 6.45) is 6.13. The number of likely N-dealkylation sites (tertiary alicyclic amines) is 1. The first-order valence-corrected chi connectivity index (χ1v) is 11.1. The van der Waals surface area contributed by atoms with Crippen LogP contribution in [0.15, 0.2) is 54.7 Å². The molecule has 164 valence electrons. The second-order valence-electron chi connectivity index (χ2n) is 8.69. The molecule has 7 nitrogen and oxygen atoms in total. The fourth-order valence-corrected chi connectivity index (χ4v) is 4.44. The van der Waals surface area contributed by atoms with Crippen molar-refractivity contribution in [2.45, 2.75) is 18.9 Å². The molecule has 2 aliphatic rings. The number of carbonyl (C=O) groups excluding carboxylic acids is 1. The SMILES string of the molecule is CN(C)C1CCN(C(=O)c2ccc(-n3cc(C4=Cc5ccccc5NC4)nn3)cc2)CC1. The number of nitrogens with one attached hydrogen (secondary N) is 1. The summed E-state index contributed by atoms with van der Waals surface area (Å²) < 4.78 is 1.76. The van der Waals surface area contributed by atoms with Gasteiger partial charge in [0, 0.05) is 42.5 Å². The summed E-state index contributed by atoms with van der Waals surface area (Å²) in [6, 6.07) is 16.4. The summed E-state index contributed by atoms with van der Waals surface area (Å²) in [5.74, 6) is 0.102. The number of aromatic nitrogens is 3. The van der Waals surface area contributed by atoms with Gasteiger partial charge < -0.3 is 15.1 Å². The zero-order valence-corrected chi connectivity index (χ0v) is 18.5. The summed E-state index contributed by atoms with van der Waals surface area (Å²) in [6.45, 7) is 2.33. The minimum absolute atomic E-state index is 0.102. The lowest BCUT2D eigenvalue weighted by Crippen LogP contribution is -2.44. The van der Waals surface area contributed by atoms with Gasteiger partial charge >= 0.3 is 0 Å². The highest BCUT2D eigenvalue weighted by atomic mass is 16.2. The van der Waals surface area contributed by atoms with Gasteiger partial charge in [-0.1, -0.05) is 23.4 Å². The lowest BCUT2D eigenvalue weighted by atomic mass is 10.0. The number of benzene rings is 2. The van der Waals surface area contributed by atoms with Crippen LogP contribution in [-0.2, 0) is 0 Å². The van der Waals surface area contributed by atoms with E-state index in [4.69, 9.17) is 0 Å². The van der Waals surface area contributed by atoms with Gasteiger partial charge in [-0.15, -0.1) is 5.10 Å². The van der Waals surface area contributed by atoms with E-state index in [1.54, 1.807) is 4.68 Å². The van der Waals surface area contributed by atoms with E-state index in [-0.39, 0.29) is 5.91 Å². The Morgan fingerprint density at radius 3 is 2.56 bits per heavy atom. The van der Waals surface area contributed by atoms with Crippen LogP contribution in [0.1, 0.15) is 34.5 Å². The molecule has 0 bridgehead atoms. The molecule has 0 aliphatic carbocycles. The number of carbonyl (C=O) groups is 1. The van der Waals surface area contributed by atoms with E-state index in [2.05, 4.69) is 52.8 Å². The standard InChI is InChI=1S/C25H28N6O/c1-29(2)21-11-13-30(14-12-21)25(32)18-7-9-22(10-8-18)31-17-24(27-28-31)20-15-19-5-3-4-6-23(19)26-16-20/h3-10,15,17,21,26H,11-14,16H2,1-2H3. The van der Waals surface area contributed by atoms with Crippen LogP contribution >= 0.6 is 0 Å². The molecule has 2 aromatic carbocycles. The summed E-state index contributed by atoms with van der Waals surface area (Å²) >= 11 is 0. The second-order valence-corrected chi connectivity index (χ2v) is 8.69. The summed E-state index contributed by atoms with van der Waals surface area (Å²) in [5.41, 5.74) is 5.83. The number of hydrogen-bond acceptors (Lipinski definition) is 5. The quantitative estimate of drug-likeness (QED) is 0.690. The highest BCUT2D eigenvalue weighted by Gasteiger charge is 2.24. The predicted molar refractivity (Wildman–Crippen MR) is 127 cm³/mol. The largest absolute Gasteiger partial charge is 0.380 e. The third kappa shape index (κ3) is 4.03. The topological polar surface area (TPSA) is 66.3 Å². The molecule has 3 aromatic rings. The molecule has 0 unspecified atom stereocenters. The Kier molecular flexibility index (Phi) is 5.49. The van der Waals surface area contributed by atoms with Gasteiger partial charge in [0.25, 0.3) is 5.91 Å². The average molecular weight is 429 g/mol. The first kappa shape index (κ1) is 20.5. The minimum Gasteiger partial charge on any atom is -0.380 e. The Morgan fingerprint density at radius 1 is 1.06 bits per heavy atom. The lowest BCUT2D eigenvalue weighted by Gasteiger charge is -2.35. The van der Waals surface area contributed by atoms with E-state index in [0.717, 1.165) is 54.1 Å². The van der Waals surface area contributed by atoms with E-state index in [0.29, 0.717) is 18.2 Å². The monoisotopic (exact) mass is 428 g/mol. The Labute approximate surface area is 188 Å². The van der Waals surface area contributed by atoms with Crippen LogP contribution in [0.4, 0.5) is 5.69 Å². The summed E-state index contributed by atoms with van der Waals surface area (Å²) in [4.78, 5) is 17.1. The molecule has 5 rings (SSSR count). The number of hydrogen-bond donors (Lipinski definition) is 1. The maximum absolute atomic E-state index is 12.9. The van der Waals surface area contributed by atoms with Crippen molar-refractivity contribution in [3.05, 3.63) is 71.5 Å². The number of anilines is 1. The first-order valence-electron chi connectivity index (χ1n) is 11.1. The molecule has 2 aliphatic heterocycles. The number of piperidine rings is 1. The molecule has 1 N–H and O–H groups in total. The Bertz CT molecular complexity index is 1140. The molecule has 1 amide bonds. The molecule has 3 heterocycles. The van der Waals surface area contributed by atoms with Gasteiger partial charge in [-0.3, -0.25) is 4.79 Å². The molecule has 0 radical (unpaired) electrons. The fourth-order valence-electron chi connectivity index (χ4n) is 4.44. The highest BCUT2D eigenvalue weighted by molar-refractivity contribution is 5.94. The van der Waals surface area contributed by atoms with Crippen LogP contribution in [0.2, 0.25) is 0 Å². The average Bonchev–Trinajstić information content (AvgIpc) is 3.34. The number of nitrogens with zero attached hydrogens (tertiary/aromatic N) is 5. The van der Waals surface area contributed by atoms with Crippen molar-refractivity contribution in [3.63, 3.8) is 0 Å². The van der Waals surface area contributed by atoms with Gasteiger partial charge in [-0.2, -0.15) is 0 Å². The molecule has 0 saturated carbocycles. The molecular formula is C25H28N6O. The van der Waals surface area contributed by atoms with E-state index in [9.17, 15) is 4.79 Å². The van der Waals surface area contributed by atoms with Crippen molar-refractivity contribution >= 4 is 23.2 Å². The van der Waals surface area contributed by atoms with Gasteiger partial charge in [0.05, 0.1) is 11.9 Å². The van der Waals surface area contributed by atoms with Crippen molar-refractivity contribution in [1.29, 1.82) is 0 Å². The van der Waals surface area contributed by atoms with Gasteiger partial charge in [0.1, 0.15) is 5.69 Å². The molecule has 1 aromatic heterocycles. The summed E-state index contributed by atoms with van der Waals surface area (Å²) in [5, 5.41) is 12.1. The van der Waals surface area contributed by atoms with Crippen molar-refractivity contribution in [3.8, 4) is 5.69 Å². The molecular weight excluding hydrogens is 400 g/mol. The van der Waals surface area contributed by atoms with Crippen molar-refractivity contribution in [2.75, 3.05) is 39.0 Å². The first-order chi connectivity index (χ1) is 15.6. The zero-order chi connectivity index (χ0) is 22.1. The normalized spacial score (nSPS) is 16.5. The van der Waals surface area contributed by atoms with Crippen LogP contribution in [0.25, 0.3) is 17.3 Å². The molecule has 32 heavy (non-hydrogen) atoms. The van der Waals surface area contributed by atoms with Gasteiger partial charge in [0.2, 0.25) is 0 Å². The zero-order valence-electron chi connectivity index (χ0n) is 18.5. The molecule has 0 atom stereocenters. The van der Waals surface area contributed by atoms with Gasteiger partial charge in [-0.05, 0) is 68.9 Å². The molecule has 1 fully saturated rings. The maximum Gasteiger partial charge on any atom is 0.253 e. The van der Waals surface area contributed by atoms with Gasteiger partial charge in [0.15, 0.2) is 0 Å². The smallest absolute Gasteiger partial charge is 0.253 e. The van der Waals surface area contributed by atoms with Crippen LogP contribution < -0.4 is 5.32 Å². The van der Waals surface area contributed by atoms with Crippen molar-refractivity contribution in [1.82, 2.24) is 24.8 Å². The van der Waals surface area contributed by atoms with Crippen molar-refractivity contribution in [2.24, 2.45) is 0 Å². The van der Waals surface area contributed by atoms with Crippen LogP contribution in [0, 0.1) is 0 Å². The van der Waals surface area contributed by atoms with E-state index < -0.39 is 0 Å². The van der Waals surface area contributed by atoms with E-state index >= 15 is 0 Å². The Balaban J connectivity index is 1.28. The van der Waals surface area contributed by atoms with Crippen LogP contribution in [-0.4, -0.2) is 70.5 Å². The van der Waals surface area contributed by atoms with E-state index in [1.165, 1.54) is 0 Å².